The molecule has 1 amide bonds. The highest BCUT2D eigenvalue weighted by molar-refractivity contribution is 5.92. The van der Waals surface area contributed by atoms with Crippen LogP contribution in [0.5, 0.6) is 23.0 Å². The van der Waals surface area contributed by atoms with Crippen LogP contribution in [-0.2, 0) is 22.5 Å². The molecule has 0 radical (unpaired) electrons. The number of rotatable bonds is 8. The monoisotopic (exact) mass is 429 g/mol. The molecule has 0 saturated carbocycles. The van der Waals surface area contributed by atoms with Crippen molar-refractivity contribution in [2.75, 3.05) is 41.1 Å². The first-order chi connectivity index (χ1) is 15.0. The fraction of sp³-hybridized carbons (Fsp3) is 0.391. The van der Waals surface area contributed by atoms with Crippen LogP contribution >= 0.6 is 0 Å². The minimum atomic E-state index is -0.597. The minimum Gasteiger partial charge on any atom is -0.493 e. The first kappa shape index (κ1) is 22.3. The Hall–Kier alpha value is -3.42. The number of hydrogen-bond donors (Lipinski definition) is 0. The van der Waals surface area contributed by atoms with Gasteiger partial charge in [0.05, 0.1) is 33.5 Å². The smallest absolute Gasteiger partial charge is 0.338 e. The topological polar surface area (TPSA) is 83.5 Å². The van der Waals surface area contributed by atoms with E-state index in [9.17, 15) is 9.59 Å². The molecule has 31 heavy (non-hydrogen) atoms. The Labute approximate surface area is 181 Å². The van der Waals surface area contributed by atoms with E-state index in [1.807, 2.05) is 19.1 Å². The Morgan fingerprint density at radius 2 is 1.58 bits per heavy atom. The summed E-state index contributed by atoms with van der Waals surface area (Å²) < 4.78 is 26.6. The zero-order chi connectivity index (χ0) is 22.4. The average Bonchev–Trinajstić information content (AvgIpc) is 2.81. The van der Waals surface area contributed by atoms with Crippen molar-refractivity contribution < 1.29 is 33.3 Å². The molecule has 1 aliphatic heterocycles. The molecule has 0 saturated heterocycles. The fourth-order valence-electron chi connectivity index (χ4n) is 3.47. The largest absolute Gasteiger partial charge is 0.493 e. The summed E-state index contributed by atoms with van der Waals surface area (Å²) >= 11 is 0. The van der Waals surface area contributed by atoms with Crippen LogP contribution in [0.3, 0.4) is 0 Å². The van der Waals surface area contributed by atoms with Crippen LogP contribution in [-0.4, -0.2) is 57.9 Å². The predicted molar refractivity (Wildman–Crippen MR) is 113 cm³/mol. The predicted octanol–water partition coefficient (Wildman–Crippen LogP) is 2.85. The number of ether oxygens (including phenoxy) is 5. The van der Waals surface area contributed by atoms with E-state index < -0.39 is 5.97 Å². The lowest BCUT2D eigenvalue weighted by Crippen LogP contribution is -2.38. The second kappa shape index (κ2) is 10.1. The molecular weight excluding hydrogens is 402 g/mol. The molecule has 8 heteroatoms. The third-order valence-electron chi connectivity index (χ3n) is 5.10. The van der Waals surface area contributed by atoms with Gasteiger partial charge in [0, 0.05) is 13.1 Å². The van der Waals surface area contributed by atoms with Crippen molar-refractivity contribution in [2.45, 2.75) is 19.9 Å². The number of methoxy groups -OCH3 is 3. The van der Waals surface area contributed by atoms with Crippen molar-refractivity contribution in [1.29, 1.82) is 0 Å². The fourth-order valence-corrected chi connectivity index (χ4v) is 3.47. The van der Waals surface area contributed by atoms with Gasteiger partial charge in [-0.3, -0.25) is 4.79 Å². The van der Waals surface area contributed by atoms with Crippen LogP contribution in [0, 0.1) is 0 Å². The summed E-state index contributed by atoms with van der Waals surface area (Å²) in [6.45, 7) is 2.89. The van der Waals surface area contributed by atoms with Gasteiger partial charge in [-0.25, -0.2) is 4.79 Å². The Balaban J connectivity index is 1.63. The van der Waals surface area contributed by atoms with Crippen molar-refractivity contribution >= 4 is 11.9 Å². The first-order valence-corrected chi connectivity index (χ1v) is 10.00. The number of benzene rings is 2. The highest BCUT2D eigenvalue weighted by Gasteiger charge is 2.24. The standard InChI is InChI=1S/C23H27NO7/c1-5-30-21-11-16(6-7-18(21)27-2)23(26)31-14-22(25)24-9-8-15-10-19(28-3)20(29-4)12-17(15)13-24/h6-7,10-12H,5,8-9,13-14H2,1-4H3. The maximum Gasteiger partial charge on any atom is 0.338 e. The van der Waals surface area contributed by atoms with E-state index in [4.69, 9.17) is 23.7 Å². The average molecular weight is 429 g/mol. The normalized spacial score (nSPS) is 12.6. The van der Waals surface area contributed by atoms with Gasteiger partial charge < -0.3 is 28.6 Å². The molecule has 3 rings (SSSR count). The van der Waals surface area contributed by atoms with E-state index >= 15 is 0 Å². The van der Waals surface area contributed by atoms with Crippen LogP contribution in [0.15, 0.2) is 30.3 Å². The van der Waals surface area contributed by atoms with Gasteiger partial charge in [-0.1, -0.05) is 0 Å². The molecule has 1 heterocycles. The van der Waals surface area contributed by atoms with Crippen LogP contribution in [0.25, 0.3) is 0 Å². The molecule has 8 nitrogen and oxygen atoms in total. The quantitative estimate of drug-likeness (QED) is 0.597. The van der Waals surface area contributed by atoms with Crippen LogP contribution in [0.4, 0.5) is 0 Å². The van der Waals surface area contributed by atoms with Crippen molar-refractivity contribution in [3.63, 3.8) is 0 Å². The summed E-state index contributed by atoms with van der Waals surface area (Å²) in [6, 6.07) is 8.57. The molecule has 0 bridgehead atoms. The van der Waals surface area contributed by atoms with Crippen molar-refractivity contribution in [2.24, 2.45) is 0 Å². The summed E-state index contributed by atoms with van der Waals surface area (Å²) in [5.41, 5.74) is 2.39. The van der Waals surface area contributed by atoms with Gasteiger partial charge in [0.1, 0.15) is 0 Å². The molecule has 0 aromatic heterocycles. The summed E-state index contributed by atoms with van der Waals surface area (Å²) in [5, 5.41) is 0. The van der Waals surface area contributed by atoms with Crippen LogP contribution in [0.1, 0.15) is 28.4 Å². The first-order valence-electron chi connectivity index (χ1n) is 10.00. The molecule has 1 aliphatic rings. The second-order valence-electron chi connectivity index (χ2n) is 6.92. The van der Waals surface area contributed by atoms with Crippen molar-refractivity contribution in [3.05, 3.63) is 47.0 Å². The van der Waals surface area contributed by atoms with Gasteiger partial charge >= 0.3 is 5.97 Å². The molecule has 0 spiro atoms. The number of amides is 1. The van der Waals surface area contributed by atoms with Crippen molar-refractivity contribution in [3.8, 4) is 23.0 Å². The number of esters is 1. The third kappa shape index (κ3) is 5.02. The number of carbonyl (C=O) groups is 2. The Morgan fingerprint density at radius 3 is 2.23 bits per heavy atom. The highest BCUT2D eigenvalue weighted by Crippen LogP contribution is 2.33. The minimum absolute atomic E-state index is 0.257. The molecule has 0 unspecified atom stereocenters. The van der Waals surface area contributed by atoms with Gasteiger partial charge in [-0.2, -0.15) is 0 Å². The molecule has 0 fully saturated rings. The van der Waals surface area contributed by atoms with E-state index in [2.05, 4.69) is 0 Å². The van der Waals surface area contributed by atoms with Crippen molar-refractivity contribution in [1.82, 2.24) is 4.90 Å². The molecular formula is C23H27NO7. The Morgan fingerprint density at radius 1 is 0.903 bits per heavy atom. The zero-order valence-electron chi connectivity index (χ0n) is 18.2. The number of hydrogen-bond acceptors (Lipinski definition) is 7. The number of carbonyl (C=O) groups excluding carboxylic acids is 2. The second-order valence-corrected chi connectivity index (χ2v) is 6.92. The summed E-state index contributed by atoms with van der Waals surface area (Å²) in [5.74, 6) is 1.40. The molecule has 166 valence electrons. The molecule has 0 N–H and O–H groups in total. The van der Waals surface area contributed by atoms with E-state index in [0.717, 1.165) is 11.1 Å². The van der Waals surface area contributed by atoms with E-state index in [1.54, 1.807) is 37.3 Å². The van der Waals surface area contributed by atoms with Gasteiger partial charge in [-0.05, 0) is 54.8 Å². The number of fused-ring (bicyclic) bond motifs is 1. The lowest BCUT2D eigenvalue weighted by molar-refractivity contribution is -0.135. The Bertz CT molecular complexity index is 957. The van der Waals surface area contributed by atoms with Gasteiger partial charge in [-0.15, -0.1) is 0 Å². The SMILES string of the molecule is CCOc1cc(C(=O)OCC(=O)N2CCc3cc(OC)c(OC)cc3C2)ccc1OC. The van der Waals surface area contributed by atoms with Crippen LogP contribution in [0.2, 0.25) is 0 Å². The Kier molecular flexibility index (Phi) is 7.23. The third-order valence-corrected chi connectivity index (χ3v) is 5.10. The van der Waals surface area contributed by atoms with Gasteiger partial charge in [0.25, 0.3) is 5.91 Å². The van der Waals surface area contributed by atoms with E-state index in [0.29, 0.717) is 49.1 Å². The highest BCUT2D eigenvalue weighted by atomic mass is 16.5. The summed E-state index contributed by atoms with van der Waals surface area (Å²) in [6.07, 6.45) is 0.686. The van der Waals surface area contributed by atoms with Crippen LogP contribution < -0.4 is 18.9 Å². The summed E-state index contributed by atoms with van der Waals surface area (Å²) in [7, 11) is 4.69. The molecule has 2 aromatic carbocycles. The molecule has 0 aliphatic carbocycles. The van der Waals surface area contributed by atoms with Gasteiger partial charge in [0.2, 0.25) is 0 Å². The zero-order valence-corrected chi connectivity index (χ0v) is 18.2. The van der Waals surface area contributed by atoms with Gasteiger partial charge in [0.15, 0.2) is 29.6 Å². The summed E-state index contributed by atoms with van der Waals surface area (Å²) in [4.78, 5) is 26.7. The number of nitrogens with zero attached hydrogens (tertiary/aromatic N) is 1. The van der Waals surface area contributed by atoms with E-state index in [-0.39, 0.29) is 18.1 Å². The van der Waals surface area contributed by atoms with E-state index in [1.165, 1.54) is 7.11 Å². The lowest BCUT2D eigenvalue weighted by atomic mass is 9.99. The maximum atomic E-state index is 12.6. The molecule has 2 aromatic rings. The maximum absolute atomic E-state index is 12.6. The molecule has 0 atom stereocenters. The lowest BCUT2D eigenvalue weighted by Gasteiger charge is -2.29.